The maximum atomic E-state index is 5.39. The monoisotopic (exact) mass is 387 g/mol. The highest BCUT2D eigenvalue weighted by molar-refractivity contribution is 6.55. The molecule has 1 aliphatic rings. The van der Waals surface area contributed by atoms with Crippen molar-refractivity contribution in [2.24, 2.45) is 9.98 Å². The number of hydrogen-bond acceptors (Lipinski definition) is 6. The van der Waals surface area contributed by atoms with Crippen LogP contribution in [0.15, 0.2) is 76.7 Å². The molecular weight excluding hydrogens is 366 g/mol. The van der Waals surface area contributed by atoms with Gasteiger partial charge in [-0.25, -0.2) is 9.98 Å². The first-order chi connectivity index (χ1) is 14.2. The molecule has 6 heteroatoms. The molecule has 0 saturated heterocycles. The Bertz CT molecular complexity index is 1070. The quantitative estimate of drug-likeness (QED) is 0.670. The van der Waals surface area contributed by atoms with E-state index < -0.39 is 0 Å². The standard InChI is InChI=1S/C23H21N3O3/c1-27-17-8-4-15(5-9-17)24-22-20-14-19(29-3)12-13-21(20)26-23(22)25-16-6-10-18(28-2)11-7-16/h4-14H,1-3H3,(H,24,25,26). The van der Waals surface area contributed by atoms with Gasteiger partial charge in [-0.05, 0) is 66.7 Å². The number of fused-ring (bicyclic) bond motifs is 1. The van der Waals surface area contributed by atoms with Crippen LogP contribution in [0.2, 0.25) is 0 Å². The summed E-state index contributed by atoms with van der Waals surface area (Å²) < 4.78 is 15.9. The van der Waals surface area contributed by atoms with Gasteiger partial charge in [-0.2, -0.15) is 0 Å². The van der Waals surface area contributed by atoms with Crippen molar-refractivity contribution in [2.75, 3.05) is 26.6 Å². The Labute approximate surface area is 169 Å². The molecule has 4 rings (SSSR count). The van der Waals surface area contributed by atoms with Crippen molar-refractivity contribution in [2.45, 2.75) is 0 Å². The normalized spacial score (nSPS) is 13.6. The first kappa shape index (κ1) is 18.6. The topological polar surface area (TPSA) is 64.4 Å². The fraction of sp³-hybridized carbons (Fsp3) is 0.130. The van der Waals surface area contributed by atoms with Crippen LogP contribution in [0.25, 0.3) is 0 Å². The van der Waals surface area contributed by atoms with Gasteiger partial charge in [-0.15, -0.1) is 0 Å². The van der Waals surface area contributed by atoms with E-state index in [-0.39, 0.29) is 0 Å². The lowest BCUT2D eigenvalue weighted by atomic mass is 10.1. The van der Waals surface area contributed by atoms with Crippen LogP contribution in [0.5, 0.6) is 17.2 Å². The zero-order valence-electron chi connectivity index (χ0n) is 16.5. The minimum atomic E-state index is 0.675. The minimum absolute atomic E-state index is 0.675. The average Bonchev–Trinajstić information content (AvgIpc) is 3.10. The molecule has 1 aliphatic heterocycles. The third-order valence-corrected chi connectivity index (χ3v) is 4.58. The van der Waals surface area contributed by atoms with Crippen LogP contribution in [-0.4, -0.2) is 32.9 Å². The van der Waals surface area contributed by atoms with Crippen LogP contribution < -0.4 is 19.5 Å². The van der Waals surface area contributed by atoms with Crippen LogP contribution in [0, 0.1) is 0 Å². The molecule has 0 aromatic heterocycles. The van der Waals surface area contributed by atoms with E-state index in [2.05, 4.69) is 5.32 Å². The third kappa shape index (κ3) is 3.91. The zero-order chi connectivity index (χ0) is 20.2. The number of benzene rings is 3. The number of anilines is 1. The largest absolute Gasteiger partial charge is 0.497 e. The molecule has 146 valence electrons. The molecule has 1 heterocycles. The van der Waals surface area contributed by atoms with Gasteiger partial charge in [0, 0.05) is 11.3 Å². The minimum Gasteiger partial charge on any atom is -0.497 e. The van der Waals surface area contributed by atoms with Gasteiger partial charge < -0.3 is 19.5 Å². The molecule has 0 unspecified atom stereocenters. The number of methoxy groups -OCH3 is 3. The van der Waals surface area contributed by atoms with Gasteiger partial charge >= 0.3 is 0 Å². The van der Waals surface area contributed by atoms with Crippen molar-refractivity contribution in [3.63, 3.8) is 0 Å². The molecule has 3 aromatic carbocycles. The lowest BCUT2D eigenvalue weighted by Gasteiger charge is -2.09. The van der Waals surface area contributed by atoms with Gasteiger partial charge in [0.1, 0.15) is 23.0 Å². The smallest absolute Gasteiger partial charge is 0.157 e. The molecular formula is C23H21N3O3. The summed E-state index contributed by atoms with van der Waals surface area (Å²) in [5, 5.41) is 3.37. The SMILES string of the molecule is COc1ccc(N=C2C(Nc3ccc(OC)cc3)=Nc3ccc(OC)cc32)cc1. The summed E-state index contributed by atoms with van der Waals surface area (Å²) >= 11 is 0. The van der Waals surface area contributed by atoms with E-state index in [9.17, 15) is 0 Å². The Balaban J connectivity index is 1.72. The number of aliphatic imine (C=N–C) groups is 2. The van der Waals surface area contributed by atoms with Crippen molar-refractivity contribution >= 4 is 28.6 Å². The van der Waals surface area contributed by atoms with Gasteiger partial charge in [0.05, 0.1) is 32.7 Å². The second kappa shape index (κ2) is 8.06. The molecule has 0 atom stereocenters. The number of amidine groups is 1. The first-order valence-electron chi connectivity index (χ1n) is 9.11. The number of nitrogens with one attached hydrogen (secondary N) is 1. The molecule has 1 N–H and O–H groups in total. The highest BCUT2D eigenvalue weighted by Gasteiger charge is 2.24. The highest BCUT2D eigenvalue weighted by atomic mass is 16.5. The molecule has 0 saturated carbocycles. The molecule has 0 spiro atoms. The molecule has 0 fully saturated rings. The predicted octanol–water partition coefficient (Wildman–Crippen LogP) is 4.99. The van der Waals surface area contributed by atoms with Gasteiger partial charge in [0.25, 0.3) is 0 Å². The Hall–Kier alpha value is -3.80. The van der Waals surface area contributed by atoms with Gasteiger partial charge in [-0.1, -0.05) is 0 Å². The van der Waals surface area contributed by atoms with E-state index >= 15 is 0 Å². The van der Waals surface area contributed by atoms with Crippen LogP contribution in [0.4, 0.5) is 17.1 Å². The summed E-state index contributed by atoms with van der Waals surface area (Å²) in [5.74, 6) is 3.01. The van der Waals surface area contributed by atoms with Crippen LogP contribution >= 0.6 is 0 Å². The van der Waals surface area contributed by atoms with E-state index in [1.165, 1.54) is 0 Å². The molecule has 0 aliphatic carbocycles. The Morgan fingerprint density at radius 2 is 1.31 bits per heavy atom. The van der Waals surface area contributed by atoms with Crippen molar-refractivity contribution in [3.8, 4) is 17.2 Å². The van der Waals surface area contributed by atoms with Crippen molar-refractivity contribution in [1.29, 1.82) is 0 Å². The maximum absolute atomic E-state index is 5.39. The average molecular weight is 387 g/mol. The number of hydrogen-bond donors (Lipinski definition) is 1. The Kier molecular flexibility index (Phi) is 5.16. The van der Waals surface area contributed by atoms with Gasteiger partial charge in [0.2, 0.25) is 0 Å². The van der Waals surface area contributed by atoms with E-state index in [4.69, 9.17) is 24.2 Å². The van der Waals surface area contributed by atoms with E-state index in [0.717, 1.165) is 45.6 Å². The summed E-state index contributed by atoms with van der Waals surface area (Å²) in [6, 6.07) is 21.0. The van der Waals surface area contributed by atoms with E-state index in [1.54, 1.807) is 21.3 Å². The second-order valence-corrected chi connectivity index (χ2v) is 6.36. The van der Waals surface area contributed by atoms with E-state index in [0.29, 0.717) is 5.84 Å². The summed E-state index contributed by atoms with van der Waals surface area (Å²) in [5.41, 5.74) is 4.21. The fourth-order valence-electron chi connectivity index (χ4n) is 3.03. The lowest BCUT2D eigenvalue weighted by Crippen LogP contribution is -2.20. The molecule has 0 radical (unpaired) electrons. The molecule has 0 amide bonds. The Morgan fingerprint density at radius 1 is 0.724 bits per heavy atom. The predicted molar refractivity (Wildman–Crippen MR) is 116 cm³/mol. The molecule has 6 nitrogen and oxygen atoms in total. The summed E-state index contributed by atoms with van der Waals surface area (Å²) in [7, 11) is 4.94. The summed E-state index contributed by atoms with van der Waals surface area (Å²) in [4.78, 5) is 9.59. The first-order valence-corrected chi connectivity index (χ1v) is 9.11. The number of rotatable bonds is 5. The molecule has 3 aromatic rings. The summed E-state index contributed by atoms with van der Waals surface area (Å²) in [6.07, 6.45) is 0. The summed E-state index contributed by atoms with van der Waals surface area (Å²) in [6.45, 7) is 0. The number of nitrogens with zero attached hydrogens (tertiary/aromatic N) is 2. The zero-order valence-corrected chi connectivity index (χ0v) is 16.5. The highest BCUT2D eigenvalue weighted by Crippen LogP contribution is 2.33. The van der Waals surface area contributed by atoms with Crippen molar-refractivity contribution < 1.29 is 14.2 Å². The maximum Gasteiger partial charge on any atom is 0.157 e. The molecule has 29 heavy (non-hydrogen) atoms. The van der Waals surface area contributed by atoms with Gasteiger partial charge in [0.15, 0.2) is 5.84 Å². The van der Waals surface area contributed by atoms with Gasteiger partial charge in [-0.3, -0.25) is 0 Å². The van der Waals surface area contributed by atoms with Crippen LogP contribution in [-0.2, 0) is 0 Å². The van der Waals surface area contributed by atoms with Crippen molar-refractivity contribution in [1.82, 2.24) is 0 Å². The number of ether oxygens (including phenoxy) is 3. The molecule has 0 bridgehead atoms. The van der Waals surface area contributed by atoms with Crippen LogP contribution in [0.1, 0.15) is 5.56 Å². The van der Waals surface area contributed by atoms with Crippen LogP contribution in [0.3, 0.4) is 0 Å². The van der Waals surface area contributed by atoms with Crippen molar-refractivity contribution in [3.05, 3.63) is 72.3 Å². The fourth-order valence-corrected chi connectivity index (χ4v) is 3.03. The third-order valence-electron chi connectivity index (χ3n) is 4.58. The Morgan fingerprint density at radius 3 is 1.93 bits per heavy atom. The van der Waals surface area contributed by atoms with E-state index in [1.807, 2.05) is 66.7 Å². The second-order valence-electron chi connectivity index (χ2n) is 6.36. The lowest BCUT2D eigenvalue weighted by molar-refractivity contribution is 0.414.